The molecular weight excluding hydrogens is 240 g/mol. The summed E-state index contributed by atoms with van der Waals surface area (Å²) in [6.07, 6.45) is 7.86. The molecule has 0 aliphatic carbocycles. The SMILES string of the molecule is O=C(O)CCC(C1=CC=CNC=N1)c1ccccc1. The van der Waals surface area contributed by atoms with Crippen LogP contribution in [0.4, 0.5) is 0 Å². The van der Waals surface area contributed by atoms with Gasteiger partial charge in [-0.25, -0.2) is 4.99 Å². The van der Waals surface area contributed by atoms with E-state index in [1.54, 1.807) is 12.5 Å². The molecule has 1 aromatic carbocycles. The summed E-state index contributed by atoms with van der Waals surface area (Å²) in [5, 5.41) is 11.8. The van der Waals surface area contributed by atoms with Crippen LogP contribution < -0.4 is 5.32 Å². The van der Waals surface area contributed by atoms with Crippen LogP contribution >= 0.6 is 0 Å². The molecule has 0 bridgehead atoms. The molecule has 1 heterocycles. The first-order chi connectivity index (χ1) is 9.27. The molecule has 1 aromatic rings. The highest BCUT2D eigenvalue weighted by molar-refractivity contribution is 5.67. The lowest BCUT2D eigenvalue weighted by Gasteiger charge is -2.16. The Kier molecular flexibility index (Phi) is 4.50. The lowest BCUT2D eigenvalue weighted by molar-refractivity contribution is -0.137. The molecule has 1 atom stereocenters. The number of carboxylic acids is 1. The Morgan fingerprint density at radius 2 is 2.11 bits per heavy atom. The number of benzene rings is 1. The van der Waals surface area contributed by atoms with Gasteiger partial charge in [0.05, 0.1) is 6.34 Å². The lowest BCUT2D eigenvalue weighted by Crippen LogP contribution is -2.06. The topological polar surface area (TPSA) is 61.7 Å². The fourth-order valence-electron chi connectivity index (χ4n) is 2.04. The van der Waals surface area contributed by atoms with Crippen molar-refractivity contribution < 1.29 is 9.90 Å². The molecule has 1 aliphatic heterocycles. The second kappa shape index (κ2) is 6.54. The molecule has 0 aromatic heterocycles. The van der Waals surface area contributed by atoms with Gasteiger partial charge in [0.2, 0.25) is 0 Å². The minimum atomic E-state index is -0.784. The van der Waals surface area contributed by atoms with Gasteiger partial charge in [-0.3, -0.25) is 4.79 Å². The van der Waals surface area contributed by atoms with Gasteiger partial charge in [-0.15, -0.1) is 0 Å². The van der Waals surface area contributed by atoms with E-state index in [-0.39, 0.29) is 12.3 Å². The van der Waals surface area contributed by atoms with E-state index in [0.29, 0.717) is 6.42 Å². The molecule has 4 heteroatoms. The average Bonchev–Trinajstić information content (AvgIpc) is 2.69. The van der Waals surface area contributed by atoms with Crippen LogP contribution in [0.3, 0.4) is 0 Å². The molecule has 2 rings (SSSR count). The van der Waals surface area contributed by atoms with Gasteiger partial charge >= 0.3 is 5.97 Å². The Morgan fingerprint density at radius 3 is 2.84 bits per heavy atom. The summed E-state index contributed by atoms with van der Waals surface area (Å²) in [7, 11) is 0. The molecule has 1 unspecified atom stereocenters. The van der Waals surface area contributed by atoms with Gasteiger partial charge in [0.25, 0.3) is 0 Å². The molecule has 0 amide bonds. The quantitative estimate of drug-likeness (QED) is 0.851. The van der Waals surface area contributed by atoms with E-state index in [2.05, 4.69) is 10.3 Å². The van der Waals surface area contributed by atoms with E-state index in [0.717, 1.165) is 11.3 Å². The fourth-order valence-corrected chi connectivity index (χ4v) is 2.04. The number of carbonyl (C=O) groups is 1. The third kappa shape index (κ3) is 3.81. The number of aliphatic carboxylic acids is 1. The Labute approximate surface area is 112 Å². The Morgan fingerprint density at radius 1 is 1.32 bits per heavy atom. The van der Waals surface area contributed by atoms with Crippen molar-refractivity contribution in [3.63, 3.8) is 0 Å². The maximum Gasteiger partial charge on any atom is 0.303 e. The third-order valence-electron chi connectivity index (χ3n) is 2.95. The minimum Gasteiger partial charge on any atom is -0.481 e. The number of allylic oxidation sites excluding steroid dienone is 3. The first-order valence-corrected chi connectivity index (χ1v) is 6.19. The molecule has 2 N–H and O–H groups in total. The highest BCUT2D eigenvalue weighted by atomic mass is 16.4. The molecule has 1 aliphatic rings. The molecule has 0 saturated heterocycles. The van der Waals surface area contributed by atoms with Crippen molar-refractivity contribution in [1.29, 1.82) is 0 Å². The maximum atomic E-state index is 10.8. The first kappa shape index (κ1) is 13.1. The fraction of sp³-hybridized carbons (Fsp3) is 0.200. The zero-order chi connectivity index (χ0) is 13.5. The highest BCUT2D eigenvalue weighted by Gasteiger charge is 2.17. The average molecular weight is 256 g/mol. The maximum absolute atomic E-state index is 10.8. The van der Waals surface area contributed by atoms with Crippen LogP contribution in [0.15, 0.2) is 59.4 Å². The highest BCUT2D eigenvalue weighted by Crippen LogP contribution is 2.30. The van der Waals surface area contributed by atoms with Crippen molar-refractivity contribution in [2.45, 2.75) is 18.8 Å². The van der Waals surface area contributed by atoms with Crippen LogP contribution in [-0.2, 0) is 4.79 Å². The van der Waals surface area contributed by atoms with Gasteiger partial charge < -0.3 is 10.4 Å². The zero-order valence-electron chi connectivity index (χ0n) is 10.5. The summed E-state index contributed by atoms with van der Waals surface area (Å²) in [6.45, 7) is 0. The number of carboxylic acid groups (broad SMARTS) is 1. The van der Waals surface area contributed by atoms with Crippen LogP contribution in [-0.4, -0.2) is 17.4 Å². The Bertz CT molecular complexity index is 518. The van der Waals surface area contributed by atoms with E-state index in [1.807, 2.05) is 42.5 Å². The van der Waals surface area contributed by atoms with Crippen LogP contribution in [0.2, 0.25) is 0 Å². The standard InChI is InChI=1S/C15H16N2O2/c18-15(19)9-8-13(12-5-2-1-3-6-12)14-7-4-10-16-11-17-14/h1-7,10-11,13H,8-9H2,(H,16,17)(H,18,19). The summed E-state index contributed by atoms with van der Waals surface area (Å²) in [5.74, 6) is -0.786. The molecular formula is C15H16N2O2. The number of nitrogens with one attached hydrogen (secondary N) is 1. The van der Waals surface area contributed by atoms with E-state index in [4.69, 9.17) is 5.11 Å². The van der Waals surface area contributed by atoms with E-state index in [1.165, 1.54) is 0 Å². The lowest BCUT2D eigenvalue weighted by atomic mass is 9.91. The van der Waals surface area contributed by atoms with Gasteiger partial charge in [0.15, 0.2) is 0 Å². The first-order valence-electron chi connectivity index (χ1n) is 6.19. The molecule has 98 valence electrons. The van der Waals surface area contributed by atoms with Gasteiger partial charge in [0.1, 0.15) is 0 Å². The van der Waals surface area contributed by atoms with E-state index >= 15 is 0 Å². The van der Waals surface area contributed by atoms with Crippen LogP contribution in [0, 0.1) is 0 Å². The molecule has 4 nitrogen and oxygen atoms in total. The minimum absolute atomic E-state index is 0.00176. The van der Waals surface area contributed by atoms with Crippen LogP contribution in [0.25, 0.3) is 0 Å². The smallest absolute Gasteiger partial charge is 0.303 e. The van der Waals surface area contributed by atoms with Gasteiger partial charge in [0, 0.05) is 24.2 Å². The van der Waals surface area contributed by atoms with Crippen LogP contribution in [0.1, 0.15) is 24.3 Å². The Hall–Kier alpha value is -2.36. The van der Waals surface area contributed by atoms with Crippen molar-refractivity contribution in [1.82, 2.24) is 5.32 Å². The summed E-state index contributed by atoms with van der Waals surface area (Å²) in [5.41, 5.74) is 1.95. The second-order valence-electron chi connectivity index (χ2n) is 4.27. The monoisotopic (exact) mass is 256 g/mol. The third-order valence-corrected chi connectivity index (χ3v) is 2.95. The van der Waals surface area contributed by atoms with Crippen molar-refractivity contribution in [3.05, 3.63) is 59.9 Å². The molecule has 19 heavy (non-hydrogen) atoms. The van der Waals surface area contributed by atoms with Gasteiger partial charge in [-0.05, 0) is 24.1 Å². The molecule has 0 radical (unpaired) electrons. The van der Waals surface area contributed by atoms with Crippen molar-refractivity contribution >= 4 is 12.3 Å². The van der Waals surface area contributed by atoms with Crippen molar-refractivity contribution in [2.75, 3.05) is 0 Å². The molecule has 0 saturated carbocycles. The number of rotatable bonds is 5. The summed E-state index contributed by atoms with van der Waals surface area (Å²) < 4.78 is 0. The van der Waals surface area contributed by atoms with Gasteiger partial charge in [-0.1, -0.05) is 30.3 Å². The summed E-state index contributed by atoms with van der Waals surface area (Å²) in [6, 6.07) is 9.87. The number of hydrogen-bond acceptors (Lipinski definition) is 3. The summed E-state index contributed by atoms with van der Waals surface area (Å²) >= 11 is 0. The largest absolute Gasteiger partial charge is 0.481 e. The molecule has 0 fully saturated rings. The summed E-state index contributed by atoms with van der Waals surface area (Å²) in [4.78, 5) is 15.1. The zero-order valence-corrected chi connectivity index (χ0v) is 10.5. The molecule has 0 spiro atoms. The van der Waals surface area contributed by atoms with Crippen molar-refractivity contribution in [2.24, 2.45) is 4.99 Å². The normalized spacial score (nSPS) is 15.3. The number of aliphatic imine (C=N–C) groups is 1. The predicted molar refractivity (Wildman–Crippen MR) is 74.9 cm³/mol. The Balaban J connectivity index is 2.26. The van der Waals surface area contributed by atoms with Crippen molar-refractivity contribution in [3.8, 4) is 0 Å². The van der Waals surface area contributed by atoms with Gasteiger partial charge in [-0.2, -0.15) is 0 Å². The predicted octanol–water partition coefficient (Wildman–Crippen LogP) is 2.66. The number of hydrogen-bond donors (Lipinski definition) is 2. The van der Waals surface area contributed by atoms with E-state index < -0.39 is 5.97 Å². The van der Waals surface area contributed by atoms with Crippen LogP contribution in [0.5, 0.6) is 0 Å². The van der Waals surface area contributed by atoms with E-state index in [9.17, 15) is 4.79 Å². The second-order valence-corrected chi connectivity index (χ2v) is 4.27. The number of nitrogens with zero attached hydrogens (tertiary/aromatic N) is 1.